The van der Waals surface area contributed by atoms with Crippen molar-refractivity contribution in [1.82, 2.24) is 19.5 Å². The van der Waals surface area contributed by atoms with E-state index in [0.717, 1.165) is 41.9 Å². The van der Waals surface area contributed by atoms with Gasteiger partial charge in [0.2, 0.25) is 5.91 Å². The summed E-state index contributed by atoms with van der Waals surface area (Å²) in [5.41, 5.74) is 4.06. The molecule has 4 rings (SSSR count). The Balaban J connectivity index is 1.88. The second kappa shape index (κ2) is 4.02. The van der Waals surface area contributed by atoms with Gasteiger partial charge in [-0.05, 0) is 19.8 Å². The molecule has 2 aliphatic rings. The van der Waals surface area contributed by atoms with Crippen molar-refractivity contribution >= 4 is 11.6 Å². The zero-order chi connectivity index (χ0) is 13.9. The van der Waals surface area contributed by atoms with Crippen molar-refractivity contribution in [3.05, 3.63) is 29.2 Å². The summed E-state index contributed by atoms with van der Waals surface area (Å²) < 4.78 is 1.91. The van der Waals surface area contributed by atoms with Crippen LogP contribution in [0.5, 0.6) is 0 Å². The molecule has 1 N–H and O–H groups in total. The molecule has 2 aliphatic heterocycles. The van der Waals surface area contributed by atoms with E-state index in [1.807, 2.05) is 28.6 Å². The number of aliphatic hydroxyl groups excluding tert-OH is 1. The van der Waals surface area contributed by atoms with E-state index in [2.05, 4.69) is 10.1 Å². The maximum Gasteiger partial charge on any atom is 0.249 e. The second-order valence-corrected chi connectivity index (χ2v) is 5.63. The van der Waals surface area contributed by atoms with Gasteiger partial charge >= 0.3 is 0 Å². The summed E-state index contributed by atoms with van der Waals surface area (Å²) >= 11 is 0. The molecule has 6 heteroatoms. The molecule has 0 spiro atoms. The maximum atomic E-state index is 11.9. The number of amides is 1. The van der Waals surface area contributed by atoms with Crippen LogP contribution in [-0.2, 0) is 11.2 Å². The first-order chi connectivity index (χ1) is 9.69. The number of carbonyl (C=O) groups excluding carboxylic acids is 1. The summed E-state index contributed by atoms with van der Waals surface area (Å²) in [5, 5.41) is 13.7. The van der Waals surface area contributed by atoms with Gasteiger partial charge in [0.05, 0.1) is 17.4 Å². The first-order valence-corrected chi connectivity index (χ1v) is 6.95. The molecule has 20 heavy (non-hydrogen) atoms. The minimum Gasteiger partial charge on any atom is -0.387 e. The van der Waals surface area contributed by atoms with E-state index in [0.29, 0.717) is 0 Å². The van der Waals surface area contributed by atoms with Crippen molar-refractivity contribution in [2.24, 2.45) is 0 Å². The third kappa shape index (κ3) is 1.45. The Morgan fingerprint density at radius 1 is 1.50 bits per heavy atom. The number of aliphatic hydroxyl groups is 1. The summed E-state index contributed by atoms with van der Waals surface area (Å²) in [6.07, 6.45) is 4.58. The van der Waals surface area contributed by atoms with Gasteiger partial charge in [0.25, 0.3) is 0 Å². The van der Waals surface area contributed by atoms with Crippen molar-refractivity contribution in [2.45, 2.75) is 38.3 Å². The molecule has 0 aliphatic carbocycles. The Bertz CT molecular complexity index is 709. The second-order valence-electron chi connectivity index (χ2n) is 5.63. The minimum absolute atomic E-state index is 0.0461. The number of aromatic nitrogens is 3. The van der Waals surface area contributed by atoms with E-state index in [1.165, 1.54) is 0 Å². The largest absolute Gasteiger partial charge is 0.387 e. The summed E-state index contributed by atoms with van der Waals surface area (Å²) in [6, 6.07) is 2.19. The highest BCUT2D eigenvalue weighted by atomic mass is 16.3. The van der Waals surface area contributed by atoms with Gasteiger partial charge in [0.15, 0.2) is 5.65 Å². The normalized spacial score (nSPS) is 24.2. The number of carbonyl (C=O) groups is 1. The fourth-order valence-electron chi connectivity index (χ4n) is 3.66. The molecule has 1 amide bonds. The van der Waals surface area contributed by atoms with Gasteiger partial charge in [-0.15, -0.1) is 0 Å². The predicted octanol–water partition coefficient (Wildman–Crippen LogP) is 0.618. The molecule has 2 bridgehead atoms. The predicted molar refractivity (Wildman–Crippen MR) is 71.1 cm³/mol. The van der Waals surface area contributed by atoms with E-state index in [1.54, 1.807) is 0 Å². The lowest BCUT2D eigenvalue weighted by molar-refractivity contribution is -0.137. The molecule has 1 saturated heterocycles. The topological polar surface area (TPSA) is 70.7 Å². The van der Waals surface area contributed by atoms with Crippen molar-refractivity contribution in [3.8, 4) is 0 Å². The Morgan fingerprint density at radius 2 is 2.35 bits per heavy atom. The zero-order valence-corrected chi connectivity index (χ0v) is 11.3. The Labute approximate surface area is 116 Å². The summed E-state index contributed by atoms with van der Waals surface area (Å²) in [6.45, 7) is 1.54. The molecule has 4 heterocycles. The number of fused-ring (bicyclic) bond motifs is 6. The fraction of sp³-hybridized carbons (Fsp3) is 0.500. The molecule has 2 unspecified atom stereocenters. The molecule has 1 fully saturated rings. The lowest BCUT2D eigenvalue weighted by atomic mass is 9.99. The van der Waals surface area contributed by atoms with E-state index < -0.39 is 6.61 Å². The van der Waals surface area contributed by atoms with E-state index in [-0.39, 0.29) is 18.0 Å². The van der Waals surface area contributed by atoms with Gasteiger partial charge in [-0.3, -0.25) is 4.79 Å². The average molecular weight is 272 g/mol. The molecule has 0 radical (unpaired) electrons. The maximum absolute atomic E-state index is 11.9. The van der Waals surface area contributed by atoms with Gasteiger partial charge in [0, 0.05) is 30.3 Å². The highest BCUT2D eigenvalue weighted by Crippen LogP contribution is 2.43. The molecule has 0 saturated carbocycles. The Morgan fingerprint density at radius 3 is 3.15 bits per heavy atom. The Hall–Kier alpha value is -1.95. The van der Waals surface area contributed by atoms with Crippen LogP contribution >= 0.6 is 0 Å². The van der Waals surface area contributed by atoms with E-state index >= 15 is 0 Å². The van der Waals surface area contributed by atoms with Gasteiger partial charge < -0.3 is 10.0 Å². The smallest absolute Gasteiger partial charge is 0.249 e. The molecule has 0 aromatic carbocycles. The monoisotopic (exact) mass is 272 g/mol. The van der Waals surface area contributed by atoms with Gasteiger partial charge in [-0.2, -0.15) is 5.10 Å². The van der Waals surface area contributed by atoms with Crippen LogP contribution in [0.3, 0.4) is 0 Å². The summed E-state index contributed by atoms with van der Waals surface area (Å²) in [4.78, 5) is 18.2. The van der Waals surface area contributed by atoms with Gasteiger partial charge in [-0.25, -0.2) is 9.50 Å². The van der Waals surface area contributed by atoms with Crippen molar-refractivity contribution < 1.29 is 9.90 Å². The highest BCUT2D eigenvalue weighted by molar-refractivity contribution is 5.79. The van der Waals surface area contributed by atoms with Crippen LogP contribution in [0.2, 0.25) is 0 Å². The third-order valence-corrected chi connectivity index (χ3v) is 4.45. The van der Waals surface area contributed by atoms with Gasteiger partial charge in [0.1, 0.15) is 6.61 Å². The average Bonchev–Trinajstić information content (AvgIpc) is 2.97. The molecule has 2 atom stereocenters. The van der Waals surface area contributed by atoms with Crippen LogP contribution in [-0.4, -0.2) is 43.2 Å². The number of hydrogen-bond acceptors (Lipinski definition) is 4. The highest BCUT2D eigenvalue weighted by Gasteiger charge is 2.43. The fourth-order valence-corrected chi connectivity index (χ4v) is 3.66. The number of aryl methyl sites for hydroxylation is 1. The van der Waals surface area contributed by atoms with Gasteiger partial charge in [-0.1, -0.05) is 0 Å². The molecular formula is C14H16N4O2. The number of hydrogen-bond donors (Lipinski definition) is 1. The molecule has 104 valence electrons. The molecule has 2 aromatic rings. The van der Waals surface area contributed by atoms with Crippen LogP contribution in [0.25, 0.3) is 5.65 Å². The van der Waals surface area contributed by atoms with E-state index in [9.17, 15) is 4.79 Å². The van der Waals surface area contributed by atoms with E-state index in [4.69, 9.17) is 5.11 Å². The van der Waals surface area contributed by atoms with Crippen LogP contribution in [0.4, 0.5) is 0 Å². The van der Waals surface area contributed by atoms with Crippen LogP contribution in [0, 0.1) is 6.92 Å². The first-order valence-electron chi connectivity index (χ1n) is 6.95. The first kappa shape index (κ1) is 11.8. The summed E-state index contributed by atoms with van der Waals surface area (Å²) in [7, 11) is 0. The van der Waals surface area contributed by atoms with Crippen molar-refractivity contribution in [1.29, 1.82) is 0 Å². The van der Waals surface area contributed by atoms with Crippen molar-refractivity contribution in [2.75, 3.05) is 6.61 Å². The van der Waals surface area contributed by atoms with Crippen molar-refractivity contribution in [3.63, 3.8) is 0 Å². The standard InChI is InChI=1S/C14H16N4O2/c1-8-4-13-15-6-10-11-3-2-9(17(11)14(20)7-19)5-12(10)18(13)16-8/h4,6,9,11,19H,2-3,5,7H2,1H3. The minimum atomic E-state index is -0.418. The quantitative estimate of drug-likeness (QED) is 0.826. The number of rotatable bonds is 1. The lowest BCUT2D eigenvalue weighted by Crippen LogP contribution is -2.44. The van der Waals surface area contributed by atoms with Crippen LogP contribution < -0.4 is 0 Å². The van der Waals surface area contributed by atoms with Crippen LogP contribution in [0.1, 0.15) is 35.8 Å². The molecular weight excluding hydrogens is 256 g/mol. The number of nitrogens with zero attached hydrogens (tertiary/aromatic N) is 4. The zero-order valence-electron chi connectivity index (χ0n) is 11.3. The third-order valence-electron chi connectivity index (χ3n) is 4.45. The molecule has 6 nitrogen and oxygen atoms in total. The molecule has 2 aromatic heterocycles. The summed E-state index contributed by atoms with van der Waals surface area (Å²) in [5.74, 6) is -0.181. The Kier molecular flexibility index (Phi) is 2.38. The van der Waals surface area contributed by atoms with Crippen LogP contribution in [0.15, 0.2) is 12.3 Å². The SMILES string of the molecule is Cc1cc2ncc3c(n2n1)CC1CCC3N1C(=O)CO. The lowest BCUT2D eigenvalue weighted by Gasteiger charge is -2.35.